The van der Waals surface area contributed by atoms with Crippen LogP contribution in [0.25, 0.3) is 0 Å². The lowest BCUT2D eigenvalue weighted by Crippen LogP contribution is -2.28. The van der Waals surface area contributed by atoms with Crippen molar-refractivity contribution in [3.63, 3.8) is 0 Å². The van der Waals surface area contributed by atoms with E-state index in [-0.39, 0.29) is 11.9 Å². The summed E-state index contributed by atoms with van der Waals surface area (Å²) in [6, 6.07) is 12.8. The number of carbonyl (C=O) groups is 1. The molecule has 0 saturated carbocycles. The van der Waals surface area contributed by atoms with E-state index in [2.05, 4.69) is 15.5 Å². The van der Waals surface area contributed by atoms with Gasteiger partial charge in [0.1, 0.15) is 0 Å². The van der Waals surface area contributed by atoms with E-state index in [9.17, 15) is 4.79 Å². The molecule has 3 rings (SSSR count). The summed E-state index contributed by atoms with van der Waals surface area (Å²) >= 11 is 13.6. The highest BCUT2D eigenvalue weighted by Crippen LogP contribution is 2.27. The number of hydrogen-bond donors (Lipinski definition) is 1. The van der Waals surface area contributed by atoms with E-state index in [0.717, 1.165) is 16.3 Å². The van der Waals surface area contributed by atoms with E-state index >= 15 is 0 Å². The molecule has 0 fully saturated rings. The molecule has 146 valence electrons. The maximum atomic E-state index is 12.5. The Morgan fingerprint density at radius 3 is 2.68 bits per heavy atom. The average molecular weight is 435 g/mol. The van der Waals surface area contributed by atoms with Crippen molar-refractivity contribution in [2.75, 3.05) is 0 Å². The molecule has 8 heteroatoms. The number of nitrogens with one attached hydrogen (secondary N) is 1. The lowest BCUT2D eigenvalue weighted by Gasteiger charge is -2.14. The Balaban J connectivity index is 1.66. The van der Waals surface area contributed by atoms with Gasteiger partial charge in [-0.25, -0.2) is 0 Å². The molecule has 0 spiro atoms. The third-order valence-electron chi connectivity index (χ3n) is 4.24. The van der Waals surface area contributed by atoms with E-state index < -0.39 is 0 Å². The van der Waals surface area contributed by atoms with Gasteiger partial charge in [-0.05, 0) is 43.7 Å². The molecule has 2 aromatic carbocycles. The molecule has 1 aromatic heterocycles. The highest BCUT2D eigenvalue weighted by molar-refractivity contribution is 7.98. The fraction of sp³-hybridized carbons (Fsp3) is 0.250. The van der Waals surface area contributed by atoms with Gasteiger partial charge in [0.25, 0.3) is 5.91 Å². The molecular formula is C20H20Cl2N4OS. The molecular weight excluding hydrogens is 415 g/mol. The van der Waals surface area contributed by atoms with Gasteiger partial charge in [0.05, 0.1) is 16.1 Å². The van der Waals surface area contributed by atoms with E-state index in [1.54, 1.807) is 23.9 Å². The summed E-state index contributed by atoms with van der Waals surface area (Å²) in [5.74, 6) is 1.24. The SMILES string of the molecule is Cc1cccc(C(=O)N[C@@H](C)c2nnc(SCc3ccc(Cl)c(Cl)c3)n2C)c1. The van der Waals surface area contributed by atoms with E-state index in [1.165, 1.54) is 0 Å². The number of rotatable bonds is 6. The Kier molecular flexibility index (Phi) is 6.65. The normalized spacial score (nSPS) is 12.0. The van der Waals surface area contributed by atoms with Crippen LogP contribution in [0.3, 0.4) is 0 Å². The van der Waals surface area contributed by atoms with Crippen LogP contribution in [-0.2, 0) is 12.8 Å². The zero-order chi connectivity index (χ0) is 20.3. The van der Waals surface area contributed by atoms with Gasteiger partial charge in [-0.2, -0.15) is 0 Å². The number of aromatic nitrogens is 3. The molecule has 0 radical (unpaired) electrons. The van der Waals surface area contributed by atoms with Crippen LogP contribution in [0.4, 0.5) is 0 Å². The fourth-order valence-corrected chi connectivity index (χ4v) is 3.92. The smallest absolute Gasteiger partial charge is 0.251 e. The van der Waals surface area contributed by atoms with Gasteiger partial charge in [-0.1, -0.05) is 58.7 Å². The largest absolute Gasteiger partial charge is 0.342 e. The van der Waals surface area contributed by atoms with Gasteiger partial charge in [0, 0.05) is 18.4 Å². The van der Waals surface area contributed by atoms with Crippen LogP contribution in [0.1, 0.15) is 40.3 Å². The Bertz CT molecular complexity index is 1010. The minimum absolute atomic E-state index is 0.135. The highest BCUT2D eigenvalue weighted by Gasteiger charge is 2.18. The van der Waals surface area contributed by atoms with E-state index in [1.807, 2.05) is 55.8 Å². The van der Waals surface area contributed by atoms with Crippen molar-refractivity contribution < 1.29 is 4.79 Å². The predicted molar refractivity (Wildman–Crippen MR) is 114 cm³/mol. The summed E-state index contributed by atoms with van der Waals surface area (Å²) in [6.07, 6.45) is 0. The molecule has 1 heterocycles. The molecule has 0 aliphatic carbocycles. The molecule has 0 aliphatic rings. The molecule has 0 saturated heterocycles. The molecule has 0 unspecified atom stereocenters. The highest BCUT2D eigenvalue weighted by atomic mass is 35.5. The minimum atomic E-state index is -0.273. The summed E-state index contributed by atoms with van der Waals surface area (Å²) in [7, 11) is 1.89. The third-order valence-corrected chi connectivity index (χ3v) is 6.07. The predicted octanol–water partition coefficient (Wildman–Crippen LogP) is 5.21. The Hall–Kier alpha value is -2.02. The van der Waals surface area contributed by atoms with Gasteiger partial charge in [-0.15, -0.1) is 10.2 Å². The molecule has 3 aromatic rings. The number of halogens is 2. The zero-order valence-corrected chi connectivity index (χ0v) is 18.1. The zero-order valence-electron chi connectivity index (χ0n) is 15.7. The first-order chi connectivity index (χ1) is 13.3. The van der Waals surface area contributed by atoms with Crippen LogP contribution in [-0.4, -0.2) is 20.7 Å². The second-order valence-corrected chi connectivity index (χ2v) is 8.26. The van der Waals surface area contributed by atoms with Crippen molar-refractivity contribution in [2.24, 2.45) is 7.05 Å². The second-order valence-electron chi connectivity index (χ2n) is 6.50. The molecule has 1 atom stereocenters. The Morgan fingerprint density at radius 1 is 1.18 bits per heavy atom. The second kappa shape index (κ2) is 8.99. The van der Waals surface area contributed by atoms with Crippen molar-refractivity contribution in [2.45, 2.75) is 30.8 Å². The Morgan fingerprint density at radius 2 is 1.96 bits per heavy atom. The van der Waals surface area contributed by atoms with Gasteiger partial charge in [0.2, 0.25) is 0 Å². The topological polar surface area (TPSA) is 59.8 Å². The number of amides is 1. The first-order valence-electron chi connectivity index (χ1n) is 8.68. The number of carbonyl (C=O) groups excluding carboxylic acids is 1. The van der Waals surface area contributed by atoms with Crippen molar-refractivity contribution in [1.29, 1.82) is 0 Å². The first-order valence-corrected chi connectivity index (χ1v) is 10.4. The molecule has 1 amide bonds. The maximum absolute atomic E-state index is 12.5. The number of aryl methyl sites for hydroxylation is 1. The third kappa shape index (κ3) is 4.87. The Labute approximate surface area is 178 Å². The van der Waals surface area contributed by atoms with Crippen LogP contribution < -0.4 is 5.32 Å². The first kappa shape index (κ1) is 20.7. The van der Waals surface area contributed by atoms with Gasteiger partial charge in [0.15, 0.2) is 11.0 Å². The number of benzene rings is 2. The minimum Gasteiger partial charge on any atom is -0.342 e. The molecule has 5 nitrogen and oxygen atoms in total. The van der Waals surface area contributed by atoms with Gasteiger partial charge >= 0.3 is 0 Å². The summed E-state index contributed by atoms with van der Waals surface area (Å²) in [5, 5.41) is 13.3. The summed E-state index contributed by atoms with van der Waals surface area (Å²) in [6.45, 7) is 3.85. The number of nitrogens with zero attached hydrogens (tertiary/aromatic N) is 3. The lowest BCUT2D eigenvalue weighted by atomic mass is 10.1. The molecule has 0 bridgehead atoms. The molecule has 1 N–H and O–H groups in total. The number of thioether (sulfide) groups is 1. The van der Waals surface area contributed by atoms with Crippen LogP contribution in [0.15, 0.2) is 47.6 Å². The van der Waals surface area contributed by atoms with Crippen LogP contribution in [0.2, 0.25) is 10.0 Å². The van der Waals surface area contributed by atoms with Crippen LogP contribution in [0.5, 0.6) is 0 Å². The van der Waals surface area contributed by atoms with Crippen molar-refractivity contribution in [3.05, 3.63) is 75.0 Å². The van der Waals surface area contributed by atoms with Crippen LogP contribution in [0, 0.1) is 6.92 Å². The standard InChI is InChI=1S/C20H20Cl2N4OS/c1-12-5-4-6-15(9-12)19(27)23-13(2)18-24-25-20(26(18)3)28-11-14-7-8-16(21)17(22)10-14/h4-10,13H,11H2,1-3H3,(H,23,27)/t13-/m0/s1. The van der Waals surface area contributed by atoms with Crippen molar-refractivity contribution in [1.82, 2.24) is 20.1 Å². The quantitative estimate of drug-likeness (QED) is 0.540. The van der Waals surface area contributed by atoms with Crippen molar-refractivity contribution in [3.8, 4) is 0 Å². The number of hydrogen-bond acceptors (Lipinski definition) is 4. The van der Waals surface area contributed by atoms with E-state index in [4.69, 9.17) is 23.2 Å². The monoisotopic (exact) mass is 434 g/mol. The fourth-order valence-electron chi connectivity index (χ4n) is 2.74. The van der Waals surface area contributed by atoms with Gasteiger partial charge < -0.3 is 9.88 Å². The van der Waals surface area contributed by atoms with Crippen LogP contribution >= 0.6 is 35.0 Å². The summed E-state index contributed by atoms with van der Waals surface area (Å²) in [4.78, 5) is 12.5. The summed E-state index contributed by atoms with van der Waals surface area (Å²) in [5.41, 5.74) is 2.72. The lowest BCUT2D eigenvalue weighted by molar-refractivity contribution is 0.0937. The maximum Gasteiger partial charge on any atom is 0.251 e. The van der Waals surface area contributed by atoms with E-state index in [0.29, 0.717) is 27.2 Å². The van der Waals surface area contributed by atoms with Crippen molar-refractivity contribution >= 4 is 40.9 Å². The molecule has 0 aliphatic heterocycles. The average Bonchev–Trinajstić information content (AvgIpc) is 3.03. The van der Waals surface area contributed by atoms with Gasteiger partial charge in [-0.3, -0.25) is 4.79 Å². The summed E-state index contributed by atoms with van der Waals surface area (Å²) < 4.78 is 1.89. The molecule has 28 heavy (non-hydrogen) atoms.